The van der Waals surface area contributed by atoms with Crippen LogP contribution >= 0.6 is 11.3 Å². The standard InChI is InChI=1S/C21H26N6O4S/c1-12-17(32-21(24-12)26-20(22)23)19(31)27-9-5-8-14(11-27)18(30)25-15(10-16(28)29)13-6-3-2-4-7-13/h2-4,6-7,14-15H,5,8-11H2,1H3,(H,25,30)(H,28,29)(H4,22,23,24,26)/t14-,15+/m1/s1. The molecule has 6 N–H and O–H groups in total. The molecule has 0 aliphatic carbocycles. The second-order valence-electron chi connectivity index (χ2n) is 7.63. The Morgan fingerprint density at radius 3 is 2.72 bits per heavy atom. The highest BCUT2D eigenvalue weighted by molar-refractivity contribution is 7.17. The third-order valence-electron chi connectivity index (χ3n) is 5.21. The number of aliphatic carboxylic acids is 1. The van der Waals surface area contributed by atoms with Crippen LogP contribution in [0.15, 0.2) is 30.3 Å². The van der Waals surface area contributed by atoms with Crippen molar-refractivity contribution in [3.05, 3.63) is 46.5 Å². The molecule has 2 heterocycles. The number of aromatic nitrogens is 1. The van der Waals surface area contributed by atoms with E-state index in [9.17, 15) is 19.5 Å². The van der Waals surface area contributed by atoms with Crippen molar-refractivity contribution >= 4 is 40.2 Å². The Bertz CT molecular complexity index is 1010. The molecule has 0 unspecified atom stereocenters. The van der Waals surface area contributed by atoms with Crippen molar-refractivity contribution in [2.45, 2.75) is 32.2 Å². The molecule has 1 saturated heterocycles. The number of benzene rings is 1. The first-order chi connectivity index (χ1) is 15.2. The fraction of sp³-hybridized carbons (Fsp3) is 0.381. The van der Waals surface area contributed by atoms with Gasteiger partial charge in [-0.05, 0) is 25.3 Å². The highest BCUT2D eigenvalue weighted by atomic mass is 32.1. The number of anilines is 1. The van der Waals surface area contributed by atoms with Crippen molar-refractivity contribution in [1.82, 2.24) is 15.2 Å². The van der Waals surface area contributed by atoms with Crippen molar-refractivity contribution in [2.75, 3.05) is 18.4 Å². The summed E-state index contributed by atoms with van der Waals surface area (Å²) in [6.45, 7) is 2.47. The fourth-order valence-electron chi connectivity index (χ4n) is 3.68. The number of carboxylic acids is 1. The quantitative estimate of drug-likeness (QED) is 0.313. The van der Waals surface area contributed by atoms with E-state index in [0.29, 0.717) is 35.1 Å². The van der Waals surface area contributed by atoms with E-state index in [1.165, 1.54) is 0 Å². The number of thiazole rings is 1. The van der Waals surface area contributed by atoms with Gasteiger partial charge in [-0.25, -0.2) is 4.98 Å². The smallest absolute Gasteiger partial charge is 0.305 e. The van der Waals surface area contributed by atoms with E-state index in [1.54, 1.807) is 36.1 Å². The number of hydrogen-bond donors (Lipinski definition) is 5. The highest BCUT2D eigenvalue weighted by Crippen LogP contribution is 2.27. The number of nitrogens with two attached hydrogens (primary N) is 1. The van der Waals surface area contributed by atoms with Gasteiger partial charge in [0.1, 0.15) is 4.88 Å². The molecule has 3 rings (SSSR count). The average Bonchev–Trinajstić information content (AvgIpc) is 3.12. The SMILES string of the molecule is Cc1nc(NC(=N)N)sc1C(=O)N1CCC[C@@H](C(=O)N[C@@H](CC(=O)O)c2ccccc2)C1. The minimum Gasteiger partial charge on any atom is -0.481 e. The highest BCUT2D eigenvalue weighted by Gasteiger charge is 2.32. The molecule has 1 aromatic heterocycles. The molecule has 10 nitrogen and oxygen atoms in total. The van der Waals surface area contributed by atoms with Crippen LogP contribution in [0.25, 0.3) is 0 Å². The van der Waals surface area contributed by atoms with E-state index in [4.69, 9.17) is 11.1 Å². The Morgan fingerprint density at radius 1 is 1.34 bits per heavy atom. The average molecular weight is 459 g/mol. The second kappa shape index (κ2) is 10.2. The molecule has 0 radical (unpaired) electrons. The molecule has 170 valence electrons. The number of guanidine groups is 1. The van der Waals surface area contributed by atoms with Crippen LogP contribution in [0, 0.1) is 18.3 Å². The molecule has 1 aliphatic rings. The zero-order valence-corrected chi connectivity index (χ0v) is 18.4. The van der Waals surface area contributed by atoms with Crippen LogP contribution in [0.1, 0.15) is 46.2 Å². The van der Waals surface area contributed by atoms with E-state index in [1.807, 2.05) is 6.07 Å². The predicted molar refractivity (Wildman–Crippen MR) is 121 cm³/mol. The van der Waals surface area contributed by atoms with Crippen LogP contribution in [-0.4, -0.2) is 51.8 Å². The molecule has 0 bridgehead atoms. The second-order valence-corrected chi connectivity index (χ2v) is 8.63. The van der Waals surface area contributed by atoms with E-state index in [0.717, 1.165) is 16.9 Å². The Hall–Kier alpha value is -3.47. The number of carbonyl (C=O) groups excluding carboxylic acids is 2. The number of rotatable bonds is 7. The predicted octanol–water partition coefficient (Wildman–Crippen LogP) is 1.94. The summed E-state index contributed by atoms with van der Waals surface area (Å²) in [5.41, 5.74) is 6.58. The molecule has 1 aliphatic heterocycles. The molecule has 2 amide bonds. The topological polar surface area (TPSA) is 162 Å². The third-order valence-corrected chi connectivity index (χ3v) is 6.27. The van der Waals surface area contributed by atoms with Crippen LogP contribution in [0.3, 0.4) is 0 Å². The summed E-state index contributed by atoms with van der Waals surface area (Å²) >= 11 is 1.11. The lowest BCUT2D eigenvalue weighted by molar-refractivity contribution is -0.138. The summed E-state index contributed by atoms with van der Waals surface area (Å²) < 4.78 is 0. The lowest BCUT2D eigenvalue weighted by atomic mass is 9.95. The van der Waals surface area contributed by atoms with Gasteiger partial charge in [-0.15, -0.1) is 0 Å². The Morgan fingerprint density at radius 2 is 2.06 bits per heavy atom. The van der Waals surface area contributed by atoms with Crippen LogP contribution in [0.2, 0.25) is 0 Å². The van der Waals surface area contributed by atoms with Crippen molar-refractivity contribution < 1.29 is 19.5 Å². The number of nitrogens with zero attached hydrogens (tertiary/aromatic N) is 2. The van der Waals surface area contributed by atoms with Crippen molar-refractivity contribution in [1.29, 1.82) is 5.41 Å². The lowest BCUT2D eigenvalue weighted by Gasteiger charge is -2.32. The summed E-state index contributed by atoms with van der Waals surface area (Å²) in [5.74, 6) is -2.19. The Kier molecular flexibility index (Phi) is 7.41. The van der Waals surface area contributed by atoms with Gasteiger partial charge in [0.25, 0.3) is 5.91 Å². The van der Waals surface area contributed by atoms with Gasteiger partial charge in [-0.1, -0.05) is 41.7 Å². The summed E-state index contributed by atoms with van der Waals surface area (Å²) in [6.07, 6.45) is 1.05. The Labute approximate surface area is 189 Å². The van der Waals surface area contributed by atoms with Gasteiger partial charge in [0.2, 0.25) is 5.91 Å². The zero-order chi connectivity index (χ0) is 23.3. The minimum atomic E-state index is -1.00. The first-order valence-electron chi connectivity index (χ1n) is 10.2. The van der Waals surface area contributed by atoms with Crippen molar-refractivity contribution in [2.24, 2.45) is 11.7 Å². The molecule has 0 saturated carbocycles. The molecular weight excluding hydrogens is 432 g/mol. The summed E-state index contributed by atoms with van der Waals surface area (Å²) in [6, 6.07) is 8.34. The van der Waals surface area contributed by atoms with Gasteiger partial charge in [-0.2, -0.15) is 0 Å². The zero-order valence-electron chi connectivity index (χ0n) is 17.6. The maximum Gasteiger partial charge on any atom is 0.305 e. The largest absolute Gasteiger partial charge is 0.481 e. The lowest BCUT2D eigenvalue weighted by Crippen LogP contribution is -2.46. The first kappa shape index (κ1) is 23.2. The van der Waals surface area contributed by atoms with Gasteiger partial charge in [0.15, 0.2) is 11.1 Å². The van der Waals surface area contributed by atoms with Crippen molar-refractivity contribution in [3.63, 3.8) is 0 Å². The maximum atomic E-state index is 13.1. The molecule has 2 aromatic rings. The fourth-order valence-corrected chi connectivity index (χ4v) is 4.63. The van der Waals surface area contributed by atoms with Gasteiger partial charge >= 0.3 is 5.97 Å². The van der Waals surface area contributed by atoms with E-state index >= 15 is 0 Å². The van der Waals surface area contributed by atoms with E-state index in [2.05, 4.69) is 15.6 Å². The van der Waals surface area contributed by atoms with E-state index in [-0.39, 0.29) is 30.7 Å². The summed E-state index contributed by atoms with van der Waals surface area (Å²) in [7, 11) is 0. The Balaban J connectivity index is 1.68. The van der Waals surface area contributed by atoms with Crippen LogP contribution in [-0.2, 0) is 9.59 Å². The number of piperidine rings is 1. The molecule has 1 aromatic carbocycles. The molecular formula is C21H26N6O4S. The number of carboxylic acid groups (broad SMARTS) is 1. The maximum absolute atomic E-state index is 13.1. The monoisotopic (exact) mass is 458 g/mol. The van der Waals surface area contributed by atoms with E-state index < -0.39 is 17.9 Å². The normalized spacial score (nSPS) is 16.8. The molecule has 2 atom stereocenters. The minimum absolute atomic E-state index is 0.223. The van der Waals surface area contributed by atoms with Crippen LogP contribution < -0.4 is 16.4 Å². The van der Waals surface area contributed by atoms with Crippen LogP contribution in [0.4, 0.5) is 5.13 Å². The number of likely N-dealkylation sites (tertiary alicyclic amines) is 1. The van der Waals surface area contributed by atoms with Crippen LogP contribution in [0.5, 0.6) is 0 Å². The molecule has 1 fully saturated rings. The summed E-state index contributed by atoms with van der Waals surface area (Å²) in [5, 5.41) is 22.4. The molecule has 11 heteroatoms. The van der Waals surface area contributed by atoms with Crippen molar-refractivity contribution in [3.8, 4) is 0 Å². The van der Waals surface area contributed by atoms with Gasteiger partial charge < -0.3 is 26.4 Å². The molecule has 0 spiro atoms. The molecule has 32 heavy (non-hydrogen) atoms. The first-order valence-corrected chi connectivity index (χ1v) is 11.0. The number of nitrogens with one attached hydrogen (secondary N) is 3. The summed E-state index contributed by atoms with van der Waals surface area (Å²) in [4.78, 5) is 43.6. The van der Waals surface area contributed by atoms with Gasteiger partial charge in [0.05, 0.1) is 24.1 Å². The van der Waals surface area contributed by atoms with Gasteiger partial charge in [0, 0.05) is 13.1 Å². The number of aryl methyl sites for hydroxylation is 1. The number of amides is 2. The third kappa shape index (κ3) is 5.82. The van der Waals surface area contributed by atoms with Gasteiger partial charge in [-0.3, -0.25) is 19.8 Å². The number of hydrogen-bond acceptors (Lipinski definition) is 6. The number of carbonyl (C=O) groups is 3.